The highest BCUT2D eigenvalue weighted by atomic mass is 28.3. The molecular weight excluding hydrogens is 497 g/mol. The monoisotopic (exact) mass is 548 g/mol. The zero-order valence-corrected chi connectivity index (χ0v) is 27.3. The lowest BCUT2D eigenvalue weighted by molar-refractivity contribution is 0.661. The first kappa shape index (κ1) is 30.3. The van der Waals surface area contributed by atoms with Crippen molar-refractivity contribution in [3.05, 3.63) is 112 Å². The van der Waals surface area contributed by atoms with Gasteiger partial charge in [-0.2, -0.15) is 0 Å². The molecular formula is C39H52Si. The van der Waals surface area contributed by atoms with E-state index in [0.29, 0.717) is 0 Å². The molecule has 0 nitrogen and oxygen atoms in total. The van der Waals surface area contributed by atoms with Crippen molar-refractivity contribution in [1.82, 2.24) is 0 Å². The molecule has 1 atom stereocenters. The SMILES string of the molecule is CCCCCCc1cc(CCCCCC)cc(C2=C(C)C(C)=C(C)C2(C)[SiH](c2ccccc2)c2ccccc2)c1. The van der Waals surface area contributed by atoms with Gasteiger partial charge in [-0.15, -0.1) is 0 Å². The molecule has 0 saturated heterocycles. The van der Waals surface area contributed by atoms with Crippen molar-refractivity contribution in [2.75, 3.05) is 0 Å². The summed E-state index contributed by atoms with van der Waals surface area (Å²) in [5.41, 5.74) is 10.7. The molecule has 1 heteroatoms. The standard InChI is InChI=1S/C39H52Si/c1-7-9-11-15-21-33-27-34(22-16-12-10-8-2)29-35(28-33)38-31(4)30(3)32(5)39(38,6)40(36-23-17-13-18-24-36)37-25-19-14-20-26-37/h13-14,17-20,23-29,40H,7-12,15-16,21-22H2,1-6H3. The number of aryl methyl sites for hydroxylation is 2. The molecule has 1 unspecified atom stereocenters. The van der Waals surface area contributed by atoms with E-state index in [2.05, 4.69) is 120 Å². The van der Waals surface area contributed by atoms with Crippen molar-refractivity contribution in [3.8, 4) is 0 Å². The van der Waals surface area contributed by atoms with Crippen LogP contribution in [0, 0.1) is 0 Å². The first-order valence-corrected chi connectivity index (χ1v) is 17.8. The summed E-state index contributed by atoms with van der Waals surface area (Å²) in [6.07, 6.45) is 12.9. The Bertz CT molecular complexity index is 1230. The maximum Gasteiger partial charge on any atom is 0.117 e. The van der Waals surface area contributed by atoms with E-state index in [4.69, 9.17) is 0 Å². The molecule has 3 aromatic rings. The predicted octanol–water partition coefficient (Wildman–Crippen LogP) is 9.86. The van der Waals surface area contributed by atoms with E-state index in [1.807, 2.05) is 0 Å². The van der Waals surface area contributed by atoms with Crippen LogP contribution in [-0.2, 0) is 12.8 Å². The third kappa shape index (κ3) is 6.63. The quantitative estimate of drug-likeness (QED) is 0.139. The highest BCUT2D eigenvalue weighted by molar-refractivity contribution is 6.89. The lowest BCUT2D eigenvalue weighted by atomic mass is 9.87. The third-order valence-electron chi connectivity index (χ3n) is 9.62. The number of unbranched alkanes of at least 4 members (excludes halogenated alkanes) is 6. The largest absolute Gasteiger partial charge is 0.117 e. The Kier molecular flexibility index (Phi) is 10.8. The molecule has 0 fully saturated rings. The Morgan fingerprint density at radius 1 is 0.575 bits per heavy atom. The zero-order valence-electron chi connectivity index (χ0n) is 26.2. The lowest BCUT2D eigenvalue weighted by Gasteiger charge is -2.39. The van der Waals surface area contributed by atoms with Crippen LogP contribution >= 0.6 is 0 Å². The van der Waals surface area contributed by atoms with Crippen molar-refractivity contribution in [1.29, 1.82) is 0 Å². The molecule has 0 aliphatic heterocycles. The zero-order chi connectivity index (χ0) is 28.5. The molecule has 3 aromatic carbocycles. The Morgan fingerprint density at radius 3 is 1.50 bits per heavy atom. The topological polar surface area (TPSA) is 0 Å². The molecule has 0 saturated carbocycles. The Balaban J connectivity index is 1.84. The summed E-state index contributed by atoms with van der Waals surface area (Å²) in [5.74, 6) is 0. The van der Waals surface area contributed by atoms with E-state index in [1.165, 1.54) is 91.3 Å². The highest BCUT2D eigenvalue weighted by Crippen LogP contribution is 2.58. The van der Waals surface area contributed by atoms with Crippen molar-refractivity contribution in [2.24, 2.45) is 0 Å². The number of allylic oxidation sites excluding steroid dienone is 4. The molecule has 0 aromatic heterocycles. The molecule has 1 aliphatic carbocycles. The summed E-state index contributed by atoms with van der Waals surface area (Å²) >= 11 is 0. The second-order valence-electron chi connectivity index (χ2n) is 12.4. The number of hydrogen-bond donors (Lipinski definition) is 0. The fourth-order valence-electron chi connectivity index (χ4n) is 7.17. The number of hydrogen-bond acceptors (Lipinski definition) is 0. The minimum absolute atomic E-state index is 0.0111. The van der Waals surface area contributed by atoms with Crippen LogP contribution in [0.5, 0.6) is 0 Å². The summed E-state index contributed by atoms with van der Waals surface area (Å²) in [4.78, 5) is 0. The Morgan fingerprint density at radius 2 is 1.05 bits per heavy atom. The smallest absolute Gasteiger partial charge is 0.0654 e. The van der Waals surface area contributed by atoms with Crippen LogP contribution in [0.2, 0.25) is 5.04 Å². The van der Waals surface area contributed by atoms with Crippen LogP contribution < -0.4 is 10.4 Å². The van der Waals surface area contributed by atoms with Gasteiger partial charge >= 0.3 is 0 Å². The molecule has 0 spiro atoms. The van der Waals surface area contributed by atoms with E-state index in [0.717, 1.165) is 0 Å². The van der Waals surface area contributed by atoms with Gasteiger partial charge in [-0.05, 0) is 79.9 Å². The minimum atomic E-state index is -1.69. The average molecular weight is 549 g/mol. The van der Waals surface area contributed by atoms with Gasteiger partial charge in [0, 0.05) is 5.04 Å². The molecule has 212 valence electrons. The van der Waals surface area contributed by atoms with Gasteiger partial charge in [0.1, 0.15) is 8.80 Å². The summed E-state index contributed by atoms with van der Waals surface area (Å²) in [7, 11) is -1.69. The average Bonchev–Trinajstić information content (AvgIpc) is 3.14. The van der Waals surface area contributed by atoms with E-state index < -0.39 is 8.80 Å². The fourth-order valence-corrected chi connectivity index (χ4v) is 11.4. The molecule has 1 aliphatic rings. The van der Waals surface area contributed by atoms with Crippen LogP contribution in [0.15, 0.2) is 95.6 Å². The van der Waals surface area contributed by atoms with Crippen molar-refractivity contribution in [2.45, 2.75) is 111 Å². The van der Waals surface area contributed by atoms with Crippen LogP contribution in [-0.4, -0.2) is 8.80 Å². The summed E-state index contributed by atoms with van der Waals surface area (Å²) < 4.78 is 0. The second-order valence-corrected chi connectivity index (χ2v) is 15.7. The fraction of sp³-hybridized carbons (Fsp3) is 0.436. The highest BCUT2D eigenvalue weighted by Gasteiger charge is 2.47. The van der Waals surface area contributed by atoms with E-state index in [1.54, 1.807) is 22.3 Å². The lowest BCUT2D eigenvalue weighted by Crippen LogP contribution is -2.51. The third-order valence-corrected chi connectivity index (χ3v) is 13.6. The second kappa shape index (κ2) is 14.3. The van der Waals surface area contributed by atoms with Crippen LogP contribution in [0.1, 0.15) is 110 Å². The van der Waals surface area contributed by atoms with E-state index in [-0.39, 0.29) is 5.04 Å². The minimum Gasteiger partial charge on any atom is -0.0654 e. The van der Waals surface area contributed by atoms with Gasteiger partial charge in [0.15, 0.2) is 0 Å². The van der Waals surface area contributed by atoms with Gasteiger partial charge in [0.05, 0.1) is 0 Å². The van der Waals surface area contributed by atoms with Crippen LogP contribution in [0.3, 0.4) is 0 Å². The first-order valence-electron chi connectivity index (χ1n) is 16.0. The predicted molar refractivity (Wildman–Crippen MR) is 181 cm³/mol. The van der Waals surface area contributed by atoms with Crippen molar-refractivity contribution < 1.29 is 0 Å². The van der Waals surface area contributed by atoms with Crippen LogP contribution in [0.4, 0.5) is 0 Å². The molecule has 0 radical (unpaired) electrons. The van der Waals surface area contributed by atoms with Crippen molar-refractivity contribution >= 4 is 24.7 Å². The summed E-state index contributed by atoms with van der Waals surface area (Å²) in [5, 5.41) is 3.08. The Hall–Kier alpha value is -2.64. The summed E-state index contributed by atoms with van der Waals surface area (Å²) in [6, 6.07) is 30.6. The molecule has 0 N–H and O–H groups in total. The first-order chi connectivity index (χ1) is 19.4. The Labute approximate surface area is 247 Å². The maximum atomic E-state index is 2.59. The van der Waals surface area contributed by atoms with Crippen LogP contribution in [0.25, 0.3) is 5.57 Å². The number of rotatable bonds is 14. The summed E-state index contributed by atoms with van der Waals surface area (Å²) in [6.45, 7) is 14.4. The molecule has 0 bridgehead atoms. The number of benzene rings is 3. The van der Waals surface area contributed by atoms with Gasteiger partial charge in [-0.3, -0.25) is 0 Å². The van der Waals surface area contributed by atoms with Gasteiger partial charge in [-0.25, -0.2) is 0 Å². The van der Waals surface area contributed by atoms with Gasteiger partial charge in [0.2, 0.25) is 0 Å². The van der Waals surface area contributed by atoms with Gasteiger partial charge in [-0.1, -0.05) is 154 Å². The molecule has 0 amide bonds. The molecule has 40 heavy (non-hydrogen) atoms. The molecule has 0 heterocycles. The van der Waals surface area contributed by atoms with Gasteiger partial charge in [0.25, 0.3) is 0 Å². The normalized spacial score (nSPS) is 17.4. The van der Waals surface area contributed by atoms with E-state index in [9.17, 15) is 0 Å². The maximum absolute atomic E-state index is 2.59. The molecule has 4 rings (SSSR count). The van der Waals surface area contributed by atoms with E-state index >= 15 is 0 Å². The van der Waals surface area contributed by atoms with Crippen molar-refractivity contribution in [3.63, 3.8) is 0 Å². The van der Waals surface area contributed by atoms with Gasteiger partial charge < -0.3 is 0 Å².